The van der Waals surface area contributed by atoms with E-state index in [0.717, 1.165) is 18.3 Å². The van der Waals surface area contributed by atoms with Gasteiger partial charge in [-0.2, -0.15) is 10.2 Å². The molecule has 214 valence electrons. The SMILES string of the molecule is COCCn1c(Cc2ccc(-c3nc(OCc4ccc(C#N)cc4F)ncc3F)cc2F)nc2ccc(C(O)O)cc21. The van der Waals surface area contributed by atoms with Gasteiger partial charge in [0.05, 0.1) is 35.5 Å². The second kappa shape index (κ2) is 12.4. The van der Waals surface area contributed by atoms with Crippen molar-refractivity contribution in [2.24, 2.45) is 0 Å². The zero-order chi connectivity index (χ0) is 29.8. The van der Waals surface area contributed by atoms with E-state index in [9.17, 15) is 19.0 Å². The maximum absolute atomic E-state index is 15.3. The number of halogens is 3. The average Bonchev–Trinajstić information content (AvgIpc) is 3.33. The molecule has 42 heavy (non-hydrogen) atoms. The van der Waals surface area contributed by atoms with Gasteiger partial charge in [0.2, 0.25) is 0 Å². The third kappa shape index (κ3) is 6.08. The van der Waals surface area contributed by atoms with Gasteiger partial charge in [0.25, 0.3) is 0 Å². The maximum atomic E-state index is 15.3. The number of rotatable bonds is 10. The van der Waals surface area contributed by atoms with Crippen LogP contribution in [0.15, 0.2) is 60.8 Å². The number of fused-ring (bicyclic) bond motifs is 1. The molecule has 5 aromatic rings. The Balaban J connectivity index is 1.39. The summed E-state index contributed by atoms with van der Waals surface area (Å²) in [5, 5.41) is 28.0. The molecule has 2 aromatic heterocycles. The third-order valence-electron chi connectivity index (χ3n) is 6.60. The number of methoxy groups -OCH3 is 1. The summed E-state index contributed by atoms with van der Waals surface area (Å²) in [5.41, 5.74) is 2.07. The molecular formula is C30H24F3N5O4. The fourth-order valence-corrected chi connectivity index (χ4v) is 4.42. The summed E-state index contributed by atoms with van der Waals surface area (Å²) in [4.78, 5) is 12.4. The van der Waals surface area contributed by atoms with E-state index in [1.165, 1.54) is 24.3 Å². The normalized spacial score (nSPS) is 11.3. The van der Waals surface area contributed by atoms with Crippen LogP contribution < -0.4 is 4.74 Å². The molecule has 0 saturated heterocycles. The number of benzene rings is 3. The van der Waals surface area contributed by atoms with Crippen molar-refractivity contribution in [2.75, 3.05) is 13.7 Å². The van der Waals surface area contributed by atoms with Gasteiger partial charge in [0.1, 0.15) is 29.8 Å². The summed E-state index contributed by atoms with van der Waals surface area (Å²) in [7, 11) is 1.55. The largest absolute Gasteiger partial charge is 0.458 e. The minimum atomic E-state index is -1.65. The van der Waals surface area contributed by atoms with Crippen LogP contribution in [0.1, 0.15) is 34.4 Å². The quantitative estimate of drug-likeness (QED) is 0.232. The van der Waals surface area contributed by atoms with E-state index < -0.39 is 23.7 Å². The van der Waals surface area contributed by atoms with Gasteiger partial charge in [0.15, 0.2) is 12.1 Å². The molecule has 0 aliphatic carbocycles. The van der Waals surface area contributed by atoms with Crippen molar-refractivity contribution in [1.29, 1.82) is 5.26 Å². The Bertz CT molecular complexity index is 1800. The Morgan fingerprint density at radius 3 is 2.45 bits per heavy atom. The second-order valence-corrected chi connectivity index (χ2v) is 9.33. The molecule has 12 heteroatoms. The second-order valence-electron chi connectivity index (χ2n) is 9.33. The minimum Gasteiger partial charge on any atom is -0.458 e. The number of aromatic nitrogens is 4. The van der Waals surface area contributed by atoms with Gasteiger partial charge < -0.3 is 24.3 Å². The minimum absolute atomic E-state index is 0.0955. The lowest BCUT2D eigenvalue weighted by Crippen LogP contribution is -2.10. The van der Waals surface area contributed by atoms with Gasteiger partial charge in [-0.05, 0) is 35.9 Å². The maximum Gasteiger partial charge on any atom is 0.317 e. The summed E-state index contributed by atoms with van der Waals surface area (Å²) in [6, 6.07) is 14.5. The summed E-state index contributed by atoms with van der Waals surface area (Å²) >= 11 is 0. The zero-order valence-electron chi connectivity index (χ0n) is 22.3. The molecule has 0 fully saturated rings. The highest BCUT2D eigenvalue weighted by atomic mass is 19.1. The van der Waals surface area contributed by atoms with Gasteiger partial charge in [-0.3, -0.25) is 0 Å². The van der Waals surface area contributed by atoms with Gasteiger partial charge in [-0.25, -0.2) is 23.1 Å². The molecule has 0 aliphatic heterocycles. The van der Waals surface area contributed by atoms with Gasteiger partial charge in [-0.1, -0.05) is 24.3 Å². The van der Waals surface area contributed by atoms with E-state index in [1.807, 2.05) is 10.6 Å². The number of ether oxygens (including phenoxy) is 2. The van der Waals surface area contributed by atoms with Crippen molar-refractivity contribution >= 4 is 11.0 Å². The summed E-state index contributed by atoms with van der Waals surface area (Å²) in [6.07, 6.45) is -0.675. The summed E-state index contributed by atoms with van der Waals surface area (Å²) < 4.78 is 56.7. The van der Waals surface area contributed by atoms with E-state index in [2.05, 4.69) is 15.0 Å². The molecule has 0 radical (unpaired) electrons. The molecule has 0 spiro atoms. The predicted octanol–water partition coefficient (Wildman–Crippen LogP) is 4.58. The van der Waals surface area contributed by atoms with Gasteiger partial charge in [0, 0.05) is 36.8 Å². The lowest BCUT2D eigenvalue weighted by molar-refractivity contribution is -0.0424. The molecule has 9 nitrogen and oxygen atoms in total. The van der Waals surface area contributed by atoms with Crippen LogP contribution in [0, 0.1) is 28.8 Å². The fraction of sp³-hybridized carbons (Fsp3) is 0.200. The number of nitriles is 1. The number of nitrogens with zero attached hydrogens (tertiary/aromatic N) is 5. The Kier molecular flexibility index (Phi) is 8.44. The van der Waals surface area contributed by atoms with Crippen molar-refractivity contribution in [3.63, 3.8) is 0 Å². The van der Waals surface area contributed by atoms with E-state index >= 15 is 4.39 Å². The van der Waals surface area contributed by atoms with E-state index in [4.69, 9.17) is 14.7 Å². The average molecular weight is 576 g/mol. The molecule has 2 N–H and O–H groups in total. The monoisotopic (exact) mass is 575 g/mol. The molecule has 0 bridgehead atoms. The molecule has 2 heterocycles. The summed E-state index contributed by atoms with van der Waals surface area (Å²) in [6.45, 7) is 0.480. The van der Waals surface area contributed by atoms with Crippen LogP contribution in [0.5, 0.6) is 6.01 Å². The Labute approximate surface area is 238 Å². The van der Waals surface area contributed by atoms with Crippen LogP contribution in [0.3, 0.4) is 0 Å². The number of hydrogen-bond donors (Lipinski definition) is 2. The Hall–Kier alpha value is -4.83. The molecule has 0 unspecified atom stereocenters. The Morgan fingerprint density at radius 2 is 1.74 bits per heavy atom. The molecule has 0 amide bonds. The van der Waals surface area contributed by atoms with Crippen LogP contribution in [-0.2, 0) is 24.3 Å². The molecule has 0 saturated carbocycles. The highest BCUT2D eigenvalue weighted by Gasteiger charge is 2.18. The molecule has 5 rings (SSSR count). The highest BCUT2D eigenvalue weighted by Crippen LogP contribution is 2.27. The topological polar surface area (TPSA) is 126 Å². The van der Waals surface area contributed by atoms with E-state index in [-0.39, 0.29) is 47.0 Å². The highest BCUT2D eigenvalue weighted by molar-refractivity contribution is 5.77. The molecule has 3 aromatic carbocycles. The number of hydrogen-bond acceptors (Lipinski definition) is 8. The lowest BCUT2D eigenvalue weighted by Gasteiger charge is -2.11. The number of aliphatic hydroxyl groups is 2. The molecular weight excluding hydrogens is 551 g/mol. The van der Waals surface area contributed by atoms with Crippen molar-refractivity contribution in [2.45, 2.75) is 25.9 Å². The van der Waals surface area contributed by atoms with Crippen LogP contribution in [0.25, 0.3) is 22.3 Å². The predicted molar refractivity (Wildman–Crippen MR) is 144 cm³/mol. The molecule has 0 aliphatic rings. The van der Waals surface area contributed by atoms with Crippen LogP contribution in [0.4, 0.5) is 13.2 Å². The number of imidazole rings is 1. The van der Waals surface area contributed by atoms with Crippen LogP contribution >= 0.6 is 0 Å². The summed E-state index contributed by atoms with van der Waals surface area (Å²) in [5.74, 6) is -1.54. The van der Waals surface area contributed by atoms with Crippen LogP contribution in [0.2, 0.25) is 0 Å². The van der Waals surface area contributed by atoms with Gasteiger partial charge in [-0.15, -0.1) is 0 Å². The van der Waals surface area contributed by atoms with Crippen molar-refractivity contribution < 1.29 is 32.9 Å². The van der Waals surface area contributed by atoms with Crippen molar-refractivity contribution in [1.82, 2.24) is 19.5 Å². The number of aliphatic hydroxyl groups excluding tert-OH is 1. The van der Waals surface area contributed by atoms with Gasteiger partial charge >= 0.3 is 6.01 Å². The van der Waals surface area contributed by atoms with E-state index in [0.29, 0.717) is 35.6 Å². The Morgan fingerprint density at radius 1 is 0.952 bits per heavy atom. The first-order valence-corrected chi connectivity index (χ1v) is 12.7. The standard InChI is InChI=1S/C30H24F3N5O4/c1-41-9-8-38-26-12-20(29(39)40)6-7-25(26)36-27(38)13-18-4-5-19(11-23(18)32)28-24(33)15-35-30(37-28)42-16-21-3-2-17(14-34)10-22(21)31/h2-7,10-12,15,29,39-40H,8-9,13,16H2,1H3. The lowest BCUT2D eigenvalue weighted by atomic mass is 10.1. The van der Waals surface area contributed by atoms with Crippen molar-refractivity contribution in [3.8, 4) is 23.3 Å². The van der Waals surface area contributed by atoms with Crippen LogP contribution in [-0.4, -0.2) is 43.4 Å². The third-order valence-corrected chi connectivity index (χ3v) is 6.60. The van der Waals surface area contributed by atoms with Crippen molar-refractivity contribution in [3.05, 3.63) is 106 Å². The first kappa shape index (κ1) is 28.7. The fourth-order valence-electron chi connectivity index (χ4n) is 4.42. The smallest absolute Gasteiger partial charge is 0.317 e. The van der Waals surface area contributed by atoms with E-state index in [1.54, 1.807) is 25.3 Å². The first-order valence-electron chi connectivity index (χ1n) is 12.7. The molecule has 0 atom stereocenters. The first-order chi connectivity index (χ1) is 20.3. The zero-order valence-corrected chi connectivity index (χ0v) is 22.3.